The average molecular weight is 338 g/mol. The van der Waals surface area contributed by atoms with Gasteiger partial charge in [-0.2, -0.15) is 0 Å². The van der Waals surface area contributed by atoms with E-state index in [2.05, 4.69) is 5.32 Å². The van der Waals surface area contributed by atoms with Crippen LogP contribution in [0.15, 0.2) is 18.2 Å². The largest absolute Gasteiger partial charge is 0.495 e. The van der Waals surface area contributed by atoms with Crippen LogP contribution in [-0.4, -0.2) is 24.6 Å². The number of ether oxygens (including phenoxy) is 2. The van der Waals surface area contributed by atoms with Gasteiger partial charge in [-0.05, 0) is 38.0 Å². The number of hydrogen-bond donors (Lipinski definition) is 1. The summed E-state index contributed by atoms with van der Waals surface area (Å²) in [6.45, 7) is 5.71. The second-order valence-electron chi connectivity index (χ2n) is 6.97. The summed E-state index contributed by atoms with van der Waals surface area (Å²) in [5.74, 6) is -0.137. The Morgan fingerprint density at radius 1 is 1.30 bits per heavy atom. The highest BCUT2D eigenvalue weighted by Crippen LogP contribution is 2.65. The Bertz CT molecular complexity index is 702. The molecule has 2 fully saturated rings. The third-order valence-electron chi connectivity index (χ3n) is 5.86. The number of nitrogens with one attached hydrogen (secondary N) is 1. The number of methoxy groups -OCH3 is 1. The maximum atomic E-state index is 13.0. The molecule has 6 heteroatoms. The molecule has 0 spiro atoms. The van der Waals surface area contributed by atoms with Crippen molar-refractivity contribution >= 4 is 29.2 Å². The second-order valence-corrected chi connectivity index (χ2v) is 7.41. The van der Waals surface area contributed by atoms with Gasteiger partial charge in [0.15, 0.2) is 5.60 Å². The minimum absolute atomic E-state index is 0.304. The van der Waals surface area contributed by atoms with Gasteiger partial charge in [0.1, 0.15) is 5.75 Å². The third kappa shape index (κ3) is 1.92. The van der Waals surface area contributed by atoms with Gasteiger partial charge in [-0.3, -0.25) is 9.59 Å². The molecular weight excluding hydrogens is 318 g/mol. The average Bonchev–Trinajstić information content (AvgIpc) is 2.78. The summed E-state index contributed by atoms with van der Waals surface area (Å²) in [5.41, 5.74) is -1.92. The number of carbonyl (C=O) groups is 2. The number of anilines is 1. The van der Waals surface area contributed by atoms with Crippen LogP contribution in [-0.2, 0) is 14.3 Å². The summed E-state index contributed by atoms with van der Waals surface area (Å²) in [6, 6.07) is 4.98. The van der Waals surface area contributed by atoms with Crippen LogP contribution in [0.3, 0.4) is 0 Å². The van der Waals surface area contributed by atoms with Gasteiger partial charge in [0.05, 0.1) is 18.2 Å². The van der Waals surface area contributed by atoms with E-state index in [1.54, 1.807) is 18.2 Å². The Labute approximate surface area is 140 Å². The molecule has 124 valence electrons. The first-order valence-corrected chi connectivity index (χ1v) is 7.94. The molecular formula is C17H20ClNO4. The Hall–Kier alpha value is -1.75. The van der Waals surface area contributed by atoms with Gasteiger partial charge in [0.2, 0.25) is 0 Å². The molecule has 0 radical (unpaired) electrons. The van der Waals surface area contributed by atoms with Crippen molar-refractivity contribution in [2.45, 2.75) is 39.2 Å². The van der Waals surface area contributed by atoms with E-state index in [4.69, 9.17) is 21.1 Å². The van der Waals surface area contributed by atoms with E-state index in [1.807, 2.05) is 20.8 Å². The van der Waals surface area contributed by atoms with E-state index in [-0.39, 0.29) is 11.9 Å². The third-order valence-corrected chi connectivity index (χ3v) is 6.10. The first-order valence-electron chi connectivity index (χ1n) is 7.56. The SMILES string of the molecule is COc1ccc(Cl)cc1NC(=O)[C@]12CC[C@](C)(C(=O)O1)C2(C)C. The maximum Gasteiger partial charge on any atom is 0.313 e. The fourth-order valence-electron chi connectivity index (χ4n) is 3.75. The highest BCUT2D eigenvalue weighted by atomic mass is 35.5. The zero-order chi connectivity index (χ0) is 17.0. The Morgan fingerprint density at radius 2 is 2.00 bits per heavy atom. The van der Waals surface area contributed by atoms with Crippen molar-refractivity contribution in [3.05, 3.63) is 23.2 Å². The lowest BCUT2D eigenvalue weighted by Gasteiger charge is -2.35. The lowest BCUT2D eigenvalue weighted by Crippen LogP contribution is -2.50. The number of carbonyl (C=O) groups excluding carboxylic acids is 2. The molecule has 2 bridgehead atoms. The molecule has 1 saturated heterocycles. The second kappa shape index (κ2) is 4.87. The highest BCUT2D eigenvalue weighted by Gasteiger charge is 2.75. The predicted molar refractivity (Wildman–Crippen MR) is 86.6 cm³/mol. The van der Waals surface area contributed by atoms with E-state index >= 15 is 0 Å². The van der Waals surface area contributed by atoms with Gasteiger partial charge >= 0.3 is 5.97 Å². The van der Waals surface area contributed by atoms with Gasteiger partial charge in [-0.25, -0.2) is 0 Å². The van der Waals surface area contributed by atoms with E-state index < -0.39 is 16.4 Å². The monoisotopic (exact) mass is 337 g/mol. The van der Waals surface area contributed by atoms with Crippen LogP contribution in [0.1, 0.15) is 33.6 Å². The summed E-state index contributed by atoms with van der Waals surface area (Å²) in [6.07, 6.45) is 1.15. The number of amides is 1. The van der Waals surface area contributed by atoms with Crippen molar-refractivity contribution in [1.29, 1.82) is 0 Å². The van der Waals surface area contributed by atoms with E-state index in [1.165, 1.54) is 7.11 Å². The van der Waals surface area contributed by atoms with E-state index in [0.717, 1.165) is 0 Å². The summed E-state index contributed by atoms with van der Waals surface area (Å²) in [7, 11) is 1.52. The highest BCUT2D eigenvalue weighted by molar-refractivity contribution is 6.31. The zero-order valence-corrected chi connectivity index (χ0v) is 14.4. The van der Waals surface area contributed by atoms with Crippen molar-refractivity contribution in [2.75, 3.05) is 12.4 Å². The van der Waals surface area contributed by atoms with Gasteiger partial charge < -0.3 is 14.8 Å². The molecule has 0 aromatic heterocycles. The van der Waals surface area contributed by atoms with Crippen LogP contribution in [0.2, 0.25) is 5.02 Å². The number of fused-ring (bicyclic) bond motifs is 2. The van der Waals surface area contributed by atoms with Gasteiger partial charge in [-0.1, -0.05) is 25.4 Å². The molecule has 1 aromatic rings. The molecule has 1 saturated carbocycles. The summed E-state index contributed by atoms with van der Waals surface area (Å²) >= 11 is 6.00. The first-order chi connectivity index (χ1) is 10.7. The Kier molecular flexibility index (Phi) is 3.41. The van der Waals surface area contributed by atoms with Crippen LogP contribution in [0.4, 0.5) is 5.69 Å². The quantitative estimate of drug-likeness (QED) is 0.858. The minimum atomic E-state index is -1.16. The summed E-state index contributed by atoms with van der Waals surface area (Å²) in [5, 5.41) is 3.31. The lowest BCUT2D eigenvalue weighted by molar-refractivity contribution is -0.165. The summed E-state index contributed by atoms with van der Waals surface area (Å²) in [4.78, 5) is 25.3. The van der Waals surface area contributed by atoms with Crippen LogP contribution in [0.25, 0.3) is 0 Å². The van der Waals surface area contributed by atoms with E-state index in [0.29, 0.717) is 29.3 Å². The Balaban J connectivity index is 1.96. The molecule has 3 rings (SSSR count). The van der Waals surface area contributed by atoms with Gasteiger partial charge in [0, 0.05) is 10.4 Å². The molecule has 0 unspecified atom stereocenters. The normalized spacial score (nSPS) is 30.9. The number of hydrogen-bond acceptors (Lipinski definition) is 4. The molecule has 1 aliphatic heterocycles. The van der Waals surface area contributed by atoms with Crippen LogP contribution in [0, 0.1) is 10.8 Å². The first kappa shape index (κ1) is 16.1. The fraction of sp³-hybridized carbons (Fsp3) is 0.529. The van der Waals surface area contributed by atoms with Crippen LogP contribution in [0.5, 0.6) is 5.75 Å². The lowest BCUT2D eigenvalue weighted by atomic mass is 9.66. The standard InChI is InChI=1S/C17H20ClNO4/c1-15(2)16(3)7-8-17(15,23-14(16)21)13(20)19-11-9-10(18)5-6-12(11)22-4/h5-6,9H,7-8H2,1-4H3,(H,19,20)/t16-,17+/m1/s1. The van der Waals surface area contributed by atoms with Crippen molar-refractivity contribution in [3.8, 4) is 5.75 Å². The van der Waals surface area contributed by atoms with E-state index in [9.17, 15) is 9.59 Å². The number of benzene rings is 1. The topological polar surface area (TPSA) is 64.6 Å². The van der Waals surface area contributed by atoms with Crippen molar-refractivity contribution in [3.63, 3.8) is 0 Å². The molecule has 23 heavy (non-hydrogen) atoms. The summed E-state index contributed by atoms with van der Waals surface area (Å²) < 4.78 is 10.8. The van der Waals surface area contributed by atoms with Crippen molar-refractivity contribution in [1.82, 2.24) is 0 Å². The minimum Gasteiger partial charge on any atom is -0.495 e. The molecule has 5 nitrogen and oxygen atoms in total. The molecule has 1 N–H and O–H groups in total. The molecule has 2 aliphatic rings. The Morgan fingerprint density at radius 3 is 2.52 bits per heavy atom. The maximum absolute atomic E-state index is 13.0. The number of halogens is 1. The van der Waals surface area contributed by atoms with Crippen molar-refractivity contribution in [2.24, 2.45) is 10.8 Å². The van der Waals surface area contributed by atoms with Gasteiger partial charge in [-0.15, -0.1) is 0 Å². The fourth-order valence-corrected chi connectivity index (χ4v) is 3.92. The molecule has 1 amide bonds. The van der Waals surface area contributed by atoms with Gasteiger partial charge in [0.25, 0.3) is 5.91 Å². The number of rotatable bonds is 3. The predicted octanol–water partition coefficient (Wildman–Crippen LogP) is 3.41. The zero-order valence-electron chi connectivity index (χ0n) is 13.7. The van der Waals surface area contributed by atoms with Crippen LogP contribution >= 0.6 is 11.6 Å². The molecule has 1 aromatic carbocycles. The molecule has 2 atom stereocenters. The smallest absolute Gasteiger partial charge is 0.313 e. The number of esters is 1. The molecule has 1 heterocycles. The van der Waals surface area contributed by atoms with Crippen LogP contribution < -0.4 is 10.1 Å². The molecule has 1 aliphatic carbocycles. The van der Waals surface area contributed by atoms with Crippen molar-refractivity contribution < 1.29 is 19.1 Å².